The Morgan fingerprint density at radius 1 is 1.67 bits per heavy atom. The van der Waals surface area contributed by atoms with Gasteiger partial charge in [0.05, 0.1) is 19.8 Å². The van der Waals surface area contributed by atoms with E-state index in [9.17, 15) is 4.79 Å². The van der Waals surface area contributed by atoms with Crippen LogP contribution in [0.1, 0.15) is 13.3 Å². The minimum atomic E-state index is 0.0534. The molecule has 0 bridgehead atoms. The minimum Gasteiger partial charge on any atom is -0.380 e. The zero-order valence-electron chi connectivity index (χ0n) is 9.25. The smallest absolute Gasteiger partial charge is 0.221 e. The topological polar surface area (TPSA) is 59.6 Å². The van der Waals surface area contributed by atoms with Gasteiger partial charge in [-0.3, -0.25) is 4.79 Å². The van der Waals surface area contributed by atoms with Gasteiger partial charge in [0.2, 0.25) is 5.91 Å². The standard InChI is InChI=1S/C10H20N2O3/c1-2-14-5-4-12-10(13)7-9-8-15-6-3-11-9/h9,11H,2-8H2,1H3,(H,12,13). The van der Waals surface area contributed by atoms with Gasteiger partial charge in [-0.05, 0) is 6.92 Å². The minimum absolute atomic E-state index is 0.0534. The molecular formula is C10H20N2O3. The van der Waals surface area contributed by atoms with Crippen LogP contribution in [0.5, 0.6) is 0 Å². The first-order valence-corrected chi connectivity index (χ1v) is 5.48. The van der Waals surface area contributed by atoms with Crippen LogP contribution in [0.2, 0.25) is 0 Å². The maximum atomic E-state index is 11.4. The number of morpholine rings is 1. The highest BCUT2D eigenvalue weighted by Crippen LogP contribution is 1.97. The van der Waals surface area contributed by atoms with Crippen molar-refractivity contribution in [2.75, 3.05) is 39.5 Å². The quantitative estimate of drug-likeness (QED) is 0.589. The summed E-state index contributed by atoms with van der Waals surface area (Å²) in [5, 5.41) is 6.04. The Morgan fingerprint density at radius 3 is 3.20 bits per heavy atom. The van der Waals surface area contributed by atoms with E-state index >= 15 is 0 Å². The van der Waals surface area contributed by atoms with Gasteiger partial charge in [0.25, 0.3) is 0 Å². The van der Waals surface area contributed by atoms with Crippen LogP contribution in [0.4, 0.5) is 0 Å². The van der Waals surface area contributed by atoms with E-state index in [1.165, 1.54) is 0 Å². The highest BCUT2D eigenvalue weighted by atomic mass is 16.5. The SMILES string of the molecule is CCOCCNC(=O)CC1COCCN1. The molecule has 0 aromatic carbocycles. The molecule has 0 aliphatic carbocycles. The number of rotatable bonds is 6. The second kappa shape index (κ2) is 7.62. The summed E-state index contributed by atoms with van der Waals surface area (Å²) in [6.07, 6.45) is 0.478. The van der Waals surface area contributed by atoms with Crippen molar-refractivity contribution in [3.63, 3.8) is 0 Å². The van der Waals surface area contributed by atoms with Crippen molar-refractivity contribution in [1.82, 2.24) is 10.6 Å². The lowest BCUT2D eigenvalue weighted by Gasteiger charge is -2.23. The van der Waals surface area contributed by atoms with Crippen molar-refractivity contribution in [3.8, 4) is 0 Å². The van der Waals surface area contributed by atoms with Gasteiger partial charge in [-0.1, -0.05) is 0 Å². The fourth-order valence-electron chi connectivity index (χ4n) is 1.45. The van der Waals surface area contributed by atoms with Crippen LogP contribution in [0.15, 0.2) is 0 Å². The molecule has 88 valence electrons. The van der Waals surface area contributed by atoms with Crippen LogP contribution in [0.3, 0.4) is 0 Å². The van der Waals surface area contributed by atoms with Gasteiger partial charge in [0.15, 0.2) is 0 Å². The Bertz CT molecular complexity index is 182. The van der Waals surface area contributed by atoms with E-state index in [-0.39, 0.29) is 11.9 Å². The third-order valence-corrected chi connectivity index (χ3v) is 2.20. The molecule has 1 heterocycles. The summed E-state index contributed by atoms with van der Waals surface area (Å²) >= 11 is 0. The van der Waals surface area contributed by atoms with Gasteiger partial charge < -0.3 is 20.1 Å². The lowest BCUT2D eigenvalue weighted by Crippen LogP contribution is -2.44. The third kappa shape index (κ3) is 5.71. The fourth-order valence-corrected chi connectivity index (χ4v) is 1.45. The molecule has 0 aromatic rings. The van der Waals surface area contributed by atoms with Crippen LogP contribution < -0.4 is 10.6 Å². The van der Waals surface area contributed by atoms with Gasteiger partial charge in [-0.2, -0.15) is 0 Å². The average molecular weight is 216 g/mol. The Kier molecular flexibility index (Phi) is 6.31. The van der Waals surface area contributed by atoms with Gasteiger partial charge in [-0.15, -0.1) is 0 Å². The second-order valence-corrected chi connectivity index (χ2v) is 3.48. The van der Waals surface area contributed by atoms with Crippen LogP contribution in [0.25, 0.3) is 0 Å². The normalized spacial score (nSPS) is 21.3. The Labute approximate surface area is 90.5 Å². The van der Waals surface area contributed by atoms with Gasteiger partial charge in [-0.25, -0.2) is 0 Å². The molecule has 0 aromatic heterocycles. The van der Waals surface area contributed by atoms with Crippen LogP contribution in [-0.4, -0.2) is 51.5 Å². The first kappa shape index (κ1) is 12.4. The van der Waals surface area contributed by atoms with Crippen molar-refractivity contribution >= 4 is 5.91 Å². The molecule has 1 unspecified atom stereocenters. The van der Waals surface area contributed by atoms with Crippen molar-refractivity contribution in [1.29, 1.82) is 0 Å². The van der Waals surface area contributed by atoms with Crippen LogP contribution in [-0.2, 0) is 14.3 Å². The van der Waals surface area contributed by atoms with Crippen LogP contribution >= 0.6 is 0 Å². The molecule has 5 nitrogen and oxygen atoms in total. The molecule has 1 amide bonds. The zero-order valence-corrected chi connectivity index (χ0v) is 9.25. The molecule has 1 rings (SSSR count). The summed E-state index contributed by atoms with van der Waals surface area (Å²) in [5.41, 5.74) is 0. The molecule has 1 aliphatic heterocycles. The summed E-state index contributed by atoms with van der Waals surface area (Å²) in [4.78, 5) is 11.4. The number of nitrogens with one attached hydrogen (secondary N) is 2. The molecule has 1 atom stereocenters. The second-order valence-electron chi connectivity index (χ2n) is 3.48. The number of hydrogen-bond acceptors (Lipinski definition) is 4. The van der Waals surface area contributed by atoms with E-state index in [1.54, 1.807) is 0 Å². The molecule has 5 heteroatoms. The van der Waals surface area contributed by atoms with Gasteiger partial charge >= 0.3 is 0 Å². The summed E-state index contributed by atoms with van der Waals surface area (Å²) in [6.45, 7) is 5.98. The largest absolute Gasteiger partial charge is 0.380 e. The van der Waals surface area contributed by atoms with Crippen LogP contribution in [0, 0.1) is 0 Å². The lowest BCUT2D eigenvalue weighted by atomic mass is 10.2. The average Bonchev–Trinajstić information content (AvgIpc) is 2.26. The summed E-state index contributed by atoms with van der Waals surface area (Å²) in [5.74, 6) is 0.0534. The highest BCUT2D eigenvalue weighted by Gasteiger charge is 2.16. The molecule has 0 spiro atoms. The monoisotopic (exact) mass is 216 g/mol. The number of carbonyl (C=O) groups excluding carboxylic acids is 1. The molecule has 1 aliphatic rings. The molecule has 0 radical (unpaired) electrons. The van der Waals surface area contributed by atoms with E-state index in [0.29, 0.717) is 32.8 Å². The number of amides is 1. The Hall–Kier alpha value is -0.650. The summed E-state index contributed by atoms with van der Waals surface area (Å²) in [7, 11) is 0. The predicted molar refractivity (Wildman–Crippen MR) is 56.7 cm³/mol. The Balaban J connectivity index is 2.01. The van der Waals surface area contributed by atoms with E-state index in [0.717, 1.165) is 13.2 Å². The van der Waals surface area contributed by atoms with E-state index in [2.05, 4.69) is 10.6 Å². The van der Waals surface area contributed by atoms with Crippen molar-refractivity contribution in [2.45, 2.75) is 19.4 Å². The zero-order chi connectivity index (χ0) is 10.9. The molecule has 0 saturated carbocycles. The summed E-state index contributed by atoms with van der Waals surface area (Å²) in [6, 6.07) is 0.158. The molecule has 1 fully saturated rings. The molecule has 15 heavy (non-hydrogen) atoms. The van der Waals surface area contributed by atoms with E-state index in [4.69, 9.17) is 9.47 Å². The van der Waals surface area contributed by atoms with Crippen molar-refractivity contribution < 1.29 is 14.3 Å². The van der Waals surface area contributed by atoms with E-state index in [1.807, 2.05) is 6.92 Å². The van der Waals surface area contributed by atoms with Crippen molar-refractivity contribution in [3.05, 3.63) is 0 Å². The Morgan fingerprint density at radius 2 is 2.53 bits per heavy atom. The number of hydrogen-bond donors (Lipinski definition) is 2. The first-order chi connectivity index (χ1) is 7.33. The van der Waals surface area contributed by atoms with E-state index < -0.39 is 0 Å². The first-order valence-electron chi connectivity index (χ1n) is 5.48. The maximum Gasteiger partial charge on any atom is 0.221 e. The fraction of sp³-hybridized carbons (Fsp3) is 0.900. The molecule has 2 N–H and O–H groups in total. The molecular weight excluding hydrogens is 196 g/mol. The number of ether oxygens (including phenoxy) is 2. The predicted octanol–water partition coefficient (Wildman–Crippen LogP) is -0.482. The maximum absolute atomic E-state index is 11.4. The molecule has 1 saturated heterocycles. The highest BCUT2D eigenvalue weighted by molar-refractivity contribution is 5.76. The number of carbonyl (C=O) groups is 1. The lowest BCUT2D eigenvalue weighted by molar-refractivity contribution is -0.122. The summed E-state index contributed by atoms with van der Waals surface area (Å²) < 4.78 is 10.4. The van der Waals surface area contributed by atoms with Gasteiger partial charge in [0, 0.05) is 32.2 Å². The third-order valence-electron chi connectivity index (χ3n) is 2.20. The van der Waals surface area contributed by atoms with Crippen molar-refractivity contribution in [2.24, 2.45) is 0 Å². The van der Waals surface area contributed by atoms with Gasteiger partial charge in [0.1, 0.15) is 0 Å².